The van der Waals surface area contributed by atoms with Crippen LogP contribution in [0.2, 0.25) is 0 Å². The Morgan fingerprint density at radius 1 is 1.07 bits per heavy atom. The second kappa shape index (κ2) is 5.83. The smallest absolute Gasteiger partial charge is 0.284 e. The van der Waals surface area contributed by atoms with Crippen LogP contribution in [0.15, 0.2) is 42.5 Å². The zero-order valence-corrected chi connectivity index (χ0v) is 17.0. The first-order valence-electron chi connectivity index (χ1n) is 9.56. The SMILES string of the molecule is Cc1cc(C)c2c(c1)C[C@H](c1ccccc1)[C@@]1(O2)C(=O)N(C)C(C)(C)N1C. The summed E-state index contributed by atoms with van der Waals surface area (Å²) in [5.41, 5.74) is 3.16. The lowest BCUT2D eigenvalue weighted by Crippen LogP contribution is -2.61. The molecule has 2 heterocycles. The van der Waals surface area contributed by atoms with Crippen molar-refractivity contribution in [3.05, 3.63) is 64.7 Å². The predicted molar refractivity (Wildman–Crippen MR) is 107 cm³/mol. The minimum absolute atomic E-state index is 0.0227. The average Bonchev–Trinajstić information content (AvgIpc) is 2.76. The van der Waals surface area contributed by atoms with Crippen LogP contribution in [-0.2, 0) is 11.2 Å². The fraction of sp³-hybridized carbons (Fsp3) is 0.435. The summed E-state index contributed by atoms with van der Waals surface area (Å²) in [7, 11) is 3.88. The molecule has 0 unspecified atom stereocenters. The van der Waals surface area contributed by atoms with Gasteiger partial charge in [-0.1, -0.05) is 48.0 Å². The van der Waals surface area contributed by atoms with Gasteiger partial charge in [0.2, 0.25) is 0 Å². The highest BCUT2D eigenvalue weighted by Crippen LogP contribution is 2.51. The van der Waals surface area contributed by atoms with Crippen molar-refractivity contribution in [1.29, 1.82) is 0 Å². The number of hydrogen-bond donors (Lipinski definition) is 0. The lowest BCUT2D eigenvalue weighted by atomic mass is 9.79. The molecular formula is C23H28N2O2. The first kappa shape index (κ1) is 18.1. The van der Waals surface area contributed by atoms with Crippen molar-refractivity contribution in [2.45, 2.75) is 51.4 Å². The van der Waals surface area contributed by atoms with Gasteiger partial charge >= 0.3 is 0 Å². The minimum atomic E-state index is -1.04. The molecule has 1 saturated heterocycles. The molecule has 1 spiro atoms. The van der Waals surface area contributed by atoms with E-state index in [1.165, 1.54) is 11.1 Å². The van der Waals surface area contributed by atoms with Crippen molar-refractivity contribution in [2.24, 2.45) is 0 Å². The molecule has 0 aromatic heterocycles. The van der Waals surface area contributed by atoms with Gasteiger partial charge in [-0.05, 0) is 57.9 Å². The zero-order valence-electron chi connectivity index (χ0n) is 17.0. The standard InChI is InChI=1S/C23H28N2O2/c1-15-12-16(2)20-18(13-15)14-19(17-10-8-7-9-11-17)23(27-20)21(26)24(5)22(3,4)25(23)6/h7-13,19H,14H2,1-6H3/t19-,23-/m1/s1. The van der Waals surface area contributed by atoms with Crippen LogP contribution < -0.4 is 4.74 Å². The van der Waals surface area contributed by atoms with Crippen molar-refractivity contribution in [3.63, 3.8) is 0 Å². The van der Waals surface area contributed by atoms with Crippen LogP contribution in [0.5, 0.6) is 5.75 Å². The normalized spacial score (nSPS) is 27.0. The van der Waals surface area contributed by atoms with Crippen molar-refractivity contribution in [3.8, 4) is 5.75 Å². The molecule has 142 valence electrons. The van der Waals surface area contributed by atoms with Crippen LogP contribution in [-0.4, -0.2) is 41.2 Å². The number of hydrogen-bond acceptors (Lipinski definition) is 3. The third-order valence-electron chi connectivity index (χ3n) is 6.60. The molecule has 27 heavy (non-hydrogen) atoms. The second-order valence-corrected chi connectivity index (χ2v) is 8.45. The highest BCUT2D eigenvalue weighted by molar-refractivity contribution is 5.90. The highest BCUT2D eigenvalue weighted by Gasteiger charge is 2.66. The molecule has 1 amide bonds. The second-order valence-electron chi connectivity index (χ2n) is 8.45. The quantitative estimate of drug-likeness (QED) is 0.770. The molecule has 2 aliphatic heterocycles. The summed E-state index contributed by atoms with van der Waals surface area (Å²) in [5.74, 6) is 0.808. The van der Waals surface area contributed by atoms with E-state index in [-0.39, 0.29) is 11.8 Å². The van der Waals surface area contributed by atoms with Gasteiger partial charge in [-0.25, -0.2) is 4.90 Å². The first-order valence-corrected chi connectivity index (χ1v) is 9.56. The molecule has 0 saturated carbocycles. The molecule has 2 atom stereocenters. The van der Waals surface area contributed by atoms with Crippen molar-refractivity contribution >= 4 is 5.91 Å². The fourth-order valence-corrected chi connectivity index (χ4v) is 4.71. The summed E-state index contributed by atoms with van der Waals surface area (Å²) < 4.78 is 6.70. The maximum atomic E-state index is 13.6. The van der Waals surface area contributed by atoms with Crippen molar-refractivity contribution in [2.75, 3.05) is 14.1 Å². The average molecular weight is 364 g/mol. The van der Waals surface area contributed by atoms with Crippen molar-refractivity contribution < 1.29 is 9.53 Å². The third-order valence-corrected chi connectivity index (χ3v) is 6.60. The van der Waals surface area contributed by atoms with Crippen molar-refractivity contribution in [1.82, 2.24) is 9.80 Å². The molecule has 0 N–H and O–H groups in total. The Morgan fingerprint density at radius 2 is 1.74 bits per heavy atom. The molecular weight excluding hydrogens is 336 g/mol. The number of likely N-dealkylation sites (N-methyl/N-ethyl adjacent to an activating group) is 2. The van der Waals surface area contributed by atoms with E-state index < -0.39 is 11.4 Å². The Balaban J connectivity index is 1.96. The minimum Gasteiger partial charge on any atom is -0.462 e. The van der Waals surface area contributed by atoms with E-state index in [1.807, 2.05) is 37.2 Å². The monoisotopic (exact) mass is 364 g/mol. The van der Waals surface area contributed by atoms with Gasteiger partial charge in [-0.15, -0.1) is 0 Å². The van der Waals surface area contributed by atoms with Gasteiger partial charge in [0, 0.05) is 7.05 Å². The molecule has 2 aliphatic rings. The summed E-state index contributed by atoms with van der Waals surface area (Å²) in [6.07, 6.45) is 0.780. The van der Waals surface area contributed by atoms with Crippen LogP contribution in [0.25, 0.3) is 0 Å². The molecule has 0 bridgehead atoms. The van der Waals surface area contributed by atoms with E-state index in [4.69, 9.17) is 4.74 Å². The van der Waals surface area contributed by atoms with Crippen LogP contribution in [0.3, 0.4) is 0 Å². The van der Waals surface area contributed by atoms with Crippen LogP contribution in [0.4, 0.5) is 0 Å². The topological polar surface area (TPSA) is 32.8 Å². The highest BCUT2D eigenvalue weighted by atomic mass is 16.5. The number of ether oxygens (including phenoxy) is 1. The molecule has 2 aromatic rings. The number of nitrogens with zero attached hydrogens (tertiary/aromatic N) is 2. The number of benzene rings is 2. The molecule has 2 aromatic carbocycles. The first-order chi connectivity index (χ1) is 12.7. The Labute approximate surface area is 161 Å². The van der Waals surface area contributed by atoms with E-state index in [1.54, 1.807) is 0 Å². The number of fused-ring (bicyclic) bond motifs is 1. The predicted octanol–water partition coefficient (Wildman–Crippen LogP) is 3.86. The maximum absolute atomic E-state index is 13.6. The lowest BCUT2D eigenvalue weighted by molar-refractivity contribution is -0.153. The molecule has 4 heteroatoms. The van der Waals surface area contributed by atoms with Gasteiger partial charge in [0.05, 0.1) is 11.6 Å². The Morgan fingerprint density at radius 3 is 2.33 bits per heavy atom. The Bertz CT molecular complexity index is 906. The summed E-state index contributed by atoms with van der Waals surface area (Å²) >= 11 is 0. The number of carbonyl (C=O) groups excluding carboxylic acids is 1. The van der Waals surface area contributed by atoms with E-state index >= 15 is 0 Å². The molecule has 4 nitrogen and oxygen atoms in total. The molecule has 0 aliphatic carbocycles. The maximum Gasteiger partial charge on any atom is 0.284 e. The van der Waals surface area contributed by atoms with Gasteiger partial charge in [-0.3, -0.25) is 4.79 Å². The van der Waals surface area contributed by atoms with Crippen LogP contribution >= 0.6 is 0 Å². The van der Waals surface area contributed by atoms with Gasteiger partial charge in [-0.2, -0.15) is 0 Å². The lowest BCUT2D eigenvalue weighted by Gasteiger charge is -2.46. The van der Waals surface area contributed by atoms with Gasteiger partial charge in [0.15, 0.2) is 0 Å². The summed E-state index contributed by atoms with van der Waals surface area (Å²) in [5, 5.41) is 0. The van der Waals surface area contributed by atoms with Gasteiger partial charge in [0.25, 0.3) is 11.6 Å². The van der Waals surface area contributed by atoms with E-state index in [0.29, 0.717) is 0 Å². The molecule has 0 radical (unpaired) electrons. The summed E-state index contributed by atoms with van der Waals surface area (Å²) in [6, 6.07) is 14.6. The molecule has 4 rings (SSSR count). The number of rotatable bonds is 1. The number of aryl methyl sites for hydroxylation is 2. The Hall–Kier alpha value is -2.33. The van der Waals surface area contributed by atoms with E-state index in [0.717, 1.165) is 23.3 Å². The van der Waals surface area contributed by atoms with Gasteiger partial charge < -0.3 is 9.64 Å². The summed E-state index contributed by atoms with van der Waals surface area (Å²) in [6.45, 7) is 8.32. The number of amides is 1. The van der Waals surface area contributed by atoms with Crippen LogP contribution in [0, 0.1) is 13.8 Å². The zero-order chi connectivity index (χ0) is 19.6. The molecule has 1 fully saturated rings. The van der Waals surface area contributed by atoms with Crippen LogP contribution in [0.1, 0.15) is 42.0 Å². The van der Waals surface area contributed by atoms with E-state index in [9.17, 15) is 4.79 Å². The number of carbonyl (C=O) groups is 1. The summed E-state index contributed by atoms with van der Waals surface area (Å²) in [4.78, 5) is 17.6. The fourth-order valence-electron chi connectivity index (χ4n) is 4.71. The van der Waals surface area contributed by atoms with Gasteiger partial charge in [0.1, 0.15) is 5.75 Å². The Kier molecular flexibility index (Phi) is 3.90. The third kappa shape index (κ3) is 2.36. The van der Waals surface area contributed by atoms with E-state index in [2.05, 4.69) is 56.9 Å². The largest absolute Gasteiger partial charge is 0.462 e.